The van der Waals surface area contributed by atoms with Crippen molar-refractivity contribution in [3.05, 3.63) is 73.3 Å². The fourth-order valence-corrected chi connectivity index (χ4v) is 1.83. The minimum Gasteiger partial charge on any atom is -0.267 e. The first-order chi connectivity index (χ1) is 7.92. The van der Waals surface area contributed by atoms with E-state index in [0.717, 1.165) is 6.54 Å². The van der Waals surface area contributed by atoms with Gasteiger partial charge >= 0.3 is 0 Å². The van der Waals surface area contributed by atoms with E-state index in [4.69, 9.17) is 0 Å². The zero-order valence-corrected chi connectivity index (χ0v) is 9.27. The fourth-order valence-electron chi connectivity index (χ4n) is 1.83. The van der Waals surface area contributed by atoms with Gasteiger partial charge in [-0.2, -0.15) is 0 Å². The van der Waals surface area contributed by atoms with E-state index in [0.29, 0.717) is 0 Å². The molecular formula is C15H16N+. The van der Waals surface area contributed by atoms with E-state index < -0.39 is 0 Å². The number of nitrogens with one attached hydrogen (secondary N) is 1. The molecule has 16 heavy (non-hydrogen) atoms. The lowest BCUT2D eigenvalue weighted by Gasteiger charge is -2.16. The van der Waals surface area contributed by atoms with Gasteiger partial charge in [0, 0.05) is 0 Å². The molecule has 1 N–H and O–H groups in total. The molecule has 2 aromatic carbocycles. The normalized spacial score (nSPS) is 10.3. The van der Waals surface area contributed by atoms with Crippen LogP contribution in [0.3, 0.4) is 0 Å². The molecule has 0 bridgehead atoms. The van der Waals surface area contributed by atoms with Gasteiger partial charge in [0.15, 0.2) is 0 Å². The van der Waals surface area contributed by atoms with Crippen LogP contribution in [0.15, 0.2) is 73.3 Å². The highest BCUT2D eigenvalue weighted by atomic mass is 15.1. The Morgan fingerprint density at radius 3 is 1.62 bits per heavy atom. The summed E-state index contributed by atoms with van der Waals surface area (Å²) in [6.07, 6.45) is 1.95. The van der Waals surface area contributed by atoms with Crippen molar-refractivity contribution in [1.82, 2.24) is 0 Å². The first-order valence-electron chi connectivity index (χ1n) is 5.49. The summed E-state index contributed by atoms with van der Waals surface area (Å²) in [5.74, 6) is 0. The fraction of sp³-hybridized carbons (Fsp3) is 0.0667. The highest BCUT2D eigenvalue weighted by Gasteiger charge is 2.12. The molecule has 80 valence electrons. The third kappa shape index (κ3) is 2.38. The maximum Gasteiger partial charge on any atom is 0.136 e. The molecule has 0 heterocycles. The number of para-hydroxylation sites is 2. The molecule has 0 aromatic heterocycles. The molecule has 0 amide bonds. The molecule has 0 radical (unpaired) electrons. The minimum atomic E-state index is 0.897. The van der Waals surface area contributed by atoms with Gasteiger partial charge in [0.25, 0.3) is 0 Å². The van der Waals surface area contributed by atoms with Crippen molar-refractivity contribution < 1.29 is 4.90 Å². The molecule has 1 nitrogen and oxygen atoms in total. The number of benzene rings is 2. The van der Waals surface area contributed by atoms with Gasteiger partial charge < -0.3 is 0 Å². The summed E-state index contributed by atoms with van der Waals surface area (Å²) in [4.78, 5) is 1.33. The second-order valence-corrected chi connectivity index (χ2v) is 3.70. The number of hydrogen-bond acceptors (Lipinski definition) is 0. The van der Waals surface area contributed by atoms with Gasteiger partial charge in [0.1, 0.15) is 17.9 Å². The van der Waals surface area contributed by atoms with Gasteiger partial charge in [0.05, 0.1) is 0 Å². The van der Waals surface area contributed by atoms with Gasteiger partial charge in [-0.05, 0) is 30.3 Å². The second-order valence-electron chi connectivity index (χ2n) is 3.70. The maximum atomic E-state index is 3.83. The largest absolute Gasteiger partial charge is 0.267 e. The molecular weight excluding hydrogens is 194 g/mol. The van der Waals surface area contributed by atoms with Crippen LogP contribution in [0.25, 0.3) is 0 Å². The van der Waals surface area contributed by atoms with Crippen molar-refractivity contribution in [3.63, 3.8) is 0 Å². The molecule has 1 heteroatoms. The van der Waals surface area contributed by atoms with Gasteiger partial charge in [-0.15, -0.1) is 0 Å². The zero-order chi connectivity index (χ0) is 11.2. The number of hydrogen-bond donors (Lipinski definition) is 1. The summed E-state index contributed by atoms with van der Waals surface area (Å²) in [7, 11) is 0. The summed E-state index contributed by atoms with van der Waals surface area (Å²) in [5.41, 5.74) is 2.54. The van der Waals surface area contributed by atoms with Crippen LogP contribution >= 0.6 is 0 Å². The average Bonchev–Trinajstić information content (AvgIpc) is 2.38. The predicted molar refractivity (Wildman–Crippen MR) is 68.2 cm³/mol. The summed E-state index contributed by atoms with van der Waals surface area (Å²) < 4.78 is 0. The van der Waals surface area contributed by atoms with Gasteiger partial charge in [-0.25, -0.2) is 0 Å². The molecule has 0 aliphatic heterocycles. The summed E-state index contributed by atoms with van der Waals surface area (Å²) in [5, 5.41) is 0. The van der Waals surface area contributed by atoms with Gasteiger partial charge in [0.2, 0.25) is 0 Å². The Bertz CT molecular complexity index is 394. The summed E-state index contributed by atoms with van der Waals surface area (Å²) >= 11 is 0. The van der Waals surface area contributed by atoms with E-state index >= 15 is 0 Å². The van der Waals surface area contributed by atoms with Crippen LogP contribution in [0.4, 0.5) is 11.4 Å². The third-order valence-electron chi connectivity index (χ3n) is 2.59. The van der Waals surface area contributed by atoms with Crippen LogP contribution in [0.5, 0.6) is 0 Å². The number of quaternary nitrogens is 1. The van der Waals surface area contributed by atoms with Gasteiger partial charge in [-0.1, -0.05) is 43.0 Å². The van der Waals surface area contributed by atoms with Crippen LogP contribution < -0.4 is 4.90 Å². The quantitative estimate of drug-likeness (QED) is 0.740. The lowest BCUT2D eigenvalue weighted by Crippen LogP contribution is -3.01. The van der Waals surface area contributed by atoms with Crippen molar-refractivity contribution in [3.8, 4) is 0 Å². The van der Waals surface area contributed by atoms with E-state index in [9.17, 15) is 0 Å². The zero-order valence-electron chi connectivity index (χ0n) is 9.27. The Kier molecular flexibility index (Phi) is 3.52. The van der Waals surface area contributed by atoms with Crippen molar-refractivity contribution in [1.29, 1.82) is 0 Å². The average molecular weight is 210 g/mol. The topological polar surface area (TPSA) is 4.44 Å². The van der Waals surface area contributed by atoms with Crippen molar-refractivity contribution in [2.45, 2.75) is 0 Å². The summed E-state index contributed by atoms with van der Waals surface area (Å²) in [6, 6.07) is 20.9. The highest BCUT2D eigenvalue weighted by Crippen LogP contribution is 2.06. The van der Waals surface area contributed by atoms with Crippen LogP contribution in [0.2, 0.25) is 0 Å². The van der Waals surface area contributed by atoms with Crippen molar-refractivity contribution in [2.75, 3.05) is 6.54 Å². The highest BCUT2D eigenvalue weighted by molar-refractivity contribution is 5.37. The Balaban J connectivity index is 2.35. The monoisotopic (exact) mass is 210 g/mol. The molecule has 0 aliphatic rings. The lowest BCUT2D eigenvalue weighted by atomic mass is 10.2. The third-order valence-corrected chi connectivity index (χ3v) is 2.59. The van der Waals surface area contributed by atoms with E-state index in [-0.39, 0.29) is 0 Å². The SMILES string of the molecule is C=CC[NH+](c1ccccc1)c1ccccc1. The van der Waals surface area contributed by atoms with E-state index in [1.165, 1.54) is 16.3 Å². The molecule has 0 atom stereocenters. The predicted octanol–water partition coefficient (Wildman–Crippen LogP) is 2.72. The molecule has 0 spiro atoms. The first-order valence-corrected chi connectivity index (χ1v) is 5.49. The Hall–Kier alpha value is -1.86. The standard InChI is InChI=1S/C15H15N/c1-2-13-16(14-9-5-3-6-10-14)15-11-7-4-8-12-15/h2-12H,1,13H2/p+1. The van der Waals surface area contributed by atoms with E-state index in [1.54, 1.807) is 0 Å². The second kappa shape index (κ2) is 5.29. The Morgan fingerprint density at radius 1 is 0.812 bits per heavy atom. The van der Waals surface area contributed by atoms with Crippen molar-refractivity contribution >= 4 is 11.4 Å². The van der Waals surface area contributed by atoms with Crippen LogP contribution in [-0.2, 0) is 0 Å². The molecule has 2 rings (SSSR count). The lowest BCUT2D eigenvalue weighted by molar-refractivity contribution is -0.752. The van der Waals surface area contributed by atoms with Crippen LogP contribution in [0, 0.1) is 0 Å². The van der Waals surface area contributed by atoms with Gasteiger partial charge in [-0.3, -0.25) is 4.90 Å². The minimum absolute atomic E-state index is 0.897. The molecule has 0 aliphatic carbocycles. The van der Waals surface area contributed by atoms with E-state index in [1.807, 2.05) is 18.2 Å². The number of rotatable bonds is 4. The Labute approximate surface area is 96.7 Å². The smallest absolute Gasteiger partial charge is 0.136 e. The molecule has 0 saturated heterocycles. The maximum absolute atomic E-state index is 3.83. The van der Waals surface area contributed by atoms with Crippen LogP contribution in [0.1, 0.15) is 0 Å². The van der Waals surface area contributed by atoms with Crippen LogP contribution in [-0.4, -0.2) is 6.54 Å². The Morgan fingerprint density at radius 2 is 1.25 bits per heavy atom. The molecule has 0 fully saturated rings. The molecule has 0 saturated carbocycles. The molecule has 2 aromatic rings. The summed E-state index contributed by atoms with van der Waals surface area (Å²) in [6.45, 7) is 4.73. The van der Waals surface area contributed by atoms with E-state index in [2.05, 4.69) is 55.1 Å². The molecule has 0 unspecified atom stereocenters. The first kappa shape index (κ1) is 10.7. The van der Waals surface area contributed by atoms with Crippen molar-refractivity contribution in [2.24, 2.45) is 0 Å².